The zero-order valence-corrected chi connectivity index (χ0v) is 11.7. The van der Waals surface area contributed by atoms with Crippen molar-refractivity contribution in [1.82, 2.24) is 0 Å². The first-order valence-electron chi connectivity index (χ1n) is 5.98. The molecule has 1 aliphatic rings. The molecule has 0 spiro atoms. The molecule has 20 heavy (non-hydrogen) atoms. The number of nitrogens with zero attached hydrogens (tertiary/aromatic N) is 3. The van der Waals surface area contributed by atoms with Crippen LogP contribution in [0.3, 0.4) is 0 Å². The van der Waals surface area contributed by atoms with Crippen LogP contribution in [-0.2, 0) is 9.84 Å². The van der Waals surface area contributed by atoms with Crippen LogP contribution in [0.2, 0.25) is 0 Å². The fourth-order valence-electron chi connectivity index (χ4n) is 2.22. The second kappa shape index (κ2) is 5.09. The quantitative estimate of drug-likeness (QED) is 0.595. The van der Waals surface area contributed by atoms with Crippen molar-refractivity contribution in [2.45, 2.75) is 6.92 Å². The number of anilines is 1. The molecule has 7 nitrogen and oxygen atoms in total. The first-order valence-corrected chi connectivity index (χ1v) is 7.81. The molecule has 1 saturated heterocycles. The molecule has 1 aromatic carbocycles. The highest BCUT2D eigenvalue weighted by Gasteiger charge is 2.25. The Kier molecular flexibility index (Phi) is 3.63. The van der Waals surface area contributed by atoms with Gasteiger partial charge in [0.25, 0.3) is 5.69 Å². The molecule has 0 aliphatic carbocycles. The minimum atomic E-state index is -3.02. The summed E-state index contributed by atoms with van der Waals surface area (Å²) in [7, 11) is -3.02. The van der Waals surface area contributed by atoms with Crippen molar-refractivity contribution in [1.29, 1.82) is 5.26 Å². The molecule has 0 radical (unpaired) electrons. The van der Waals surface area contributed by atoms with Crippen molar-refractivity contribution in [3.8, 4) is 6.07 Å². The van der Waals surface area contributed by atoms with E-state index in [2.05, 4.69) is 0 Å². The number of nitriles is 1. The SMILES string of the molecule is Cc1c(N2CCS(=O)(=O)CC2)cc(C#N)cc1[N+](=O)[O-]. The van der Waals surface area contributed by atoms with E-state index in [1.165, 1.54) is 6.07 Å². The summed E-state index contributed by atoms with van der Waals surface area (Å²) in [5.41, 5.74) is 1.09. The van der Waals surface area contributed by atoms with Crippen LogP contribution in [0, 0.1) is 28.4 Å². The van der Waals surface area contributed by atoms with E-state index >= 15 is 0 Å². The molecule has 1 fully saturated rings. The number of rotatable bonds is 2. The summed E-state index contributed by atoms with van der Waals surface area (Å²) in [5, 5.41) is 20.0. The van der Waals surface area contributed by atoms with Crippen molar-refractivity contribution in [3.63, 3.8) is 0 Å². The second-order valence-corrected chi connectivity index (χ2v) is 6.95. The monoisotopic (exact) mass is 295 g/mol. The summed E-state index contributed by atoms with van der Waals surface area (Å²) in [6.45, 7) is 2.18. The molecule has 0 atom stereocenters. The Balaban J connectivity index is 2.44. The van der Waals surface area contributed by atoms with E-state index in [-0.39, 0.29) is 35.8 Å². The highest BCUT2D eigenvalue weighted by molar-refractivity contribution is 7.91. The summed E-state index contributed by atoms with van der Waals surface area (Å²) in [6.07, 6.45) is 0. The Hall–Kier alpha value is -2.14. The second-order valence-electron chi connectivity index (χ2n) is 4.65. The van der Waals surface area contributed by atoms with Crippen LogP contribution >= 0.6 is 0 Å². The summed E-state index contributed by atoms with van der Waals surface area (Å²) in [4.78, 5) is 12.3. The highest BCUT2D eigenvalue weighted by Crippen LogP contribution is 2.31. The Labute approximate surface area is 116 Å². The molecule has 8 heteroatoms. The van der Waals surface area contributed by atoms with Crippen LogP contribution < -0.4 is 4.90 Å². The van der Waals surface area contributed by atoms with Gasteiger partial charge < -0.3 is 4.90 Å². The number of hydrogen-bond acceptors (Lipinski definition) is 6. The lowest BCUT2D eigenvalue weighted by atomic mass is 10.1. The number of sulfone groups is 1. The van der Waals surface area contributed by atoms with E-state index in [4.69, 9.17) is 5.26 Å². The maximum absolute atomic E-state index is 11.4. The lowest BCUT2D eigenvalue weighted by molar-refractivity contribution is -0.385. The van der Waals surface area contributed by atoms with Gasteiger partial charge in [-0.05, 0) is 13.0 Å². The van der Waals surface area contributed by atoms with Crippen LogP contribution in [0.25, 0.3) is 0 Å². The predicted octanol–water partition coefficient (Wildman–Crippen LogP) is 1.01. The molecule has 0 saturated carbocycles. The number of hydrogen-bond donors (Lipinski definition) is 0. The maximum atomic E-state index is 11.4. The third-order valence-electron chi connectivity index (χ3n) is 3.36. The minimum absolute atomic E-state index is 0.0248. The molecular weight excluding hydrogens is 282 g/mol. The fourth-order valence-corrected chi connectivity index (χ4v) is 3.42. The maximum Gasteiger partial charge on any atom is 0.275 e. The Bertz CT molecular complexity index is 692. The molecule has 1 aromatic rings. The van der Waals surface area contributed by atoms with E-state index < -0.39 is 14.8 Å². The van der Waals surface area contributed by atoms with Crippen molar-refractivity contribution in [2.24, 2.45) is 0 Å². The number of benzene rings is 1. The van der Waals surface area contributed by atoms with E-state index in [9.17, 15) is 18.5 Å². The van der Waals surface area contributed by atoms with Gasteiger partial charge in [-0.2, -0.15) is 5.26 Å². The fraction of sp³-hybridized carbons (Fsp3) is 0.417. The van der Waals surface area contributed by atoms with Gasteiger partial charge in [0, 0.05) is 24.8 Å². The topological polar surface area (TPSA) is 104 Å². The van der Waals surface area contributed by atoms with E-state index in [1.807, 2.05) is 6.07 Å². The molecule has 0 aromatic heterocycles. The average molecular weight is 295 g/mol. The Morgan fingerprint density at radius 2 is 1.95 bits per heavy atom. The van der Waals surface area contributed by atoms with Gasteiger partial charge in [-0.1, -0.05) is 0 Å². The number of nitro benzene ring substituents is 1. The molecule has 1 heterocycles. The van der Waals surface area contributed by atoms with Crippen molar-refractivity contribution in [2.75, 3.05) is 29.5 Å². The third-order valence-corrected chi connectivity index (χ3v) is 4.97. The molecule has 106 valence electrons. The normalized spacial score (nSPS) is 17.5. The Morgan fingerprint density at radius 1 is 1.35 bits per heavy atom. The van der Waals surface area contributed by atoms with Crippen LogP contribution in [0.15, 0.2) is 12.1 Å². The molecule has 0 bridgehead atoms. The van der Waals surface area contributed by atoms with E-state index in [1.54, 1.807) is 17.9 Å². The van der Waals surface area contributed by atoms with Gasteiger partial charge in [-0.15, -0.1) is 0 Å². The summed E-state index contributed by atoms with van der Waals surface area (Å²) in [5.74, 6) is 0.0496. The first-order chi connectivity index (χ1) is 9.34. The van der Waals surface area contributed by atoms with Crippen LogP contribution in [0.1, 0.15) is 11.1 Å². The minimum Gasteiger partial charge on any atom is -0.369 e. The zero-order valence-electron chi connectivity index (χ0n) is 10.9. The molecule has 0 N–H and O–H groups in total. The van der Waals surface area contributed by atoms with Gasteiger partial charge in [0.1, 0.15) is 0 Å². The van der Waals surface area contributed by atoms with Crippen LogP contribution in [0.5, 0.6) is 0 Å². The molecule has 1 aliphatic heterocycles. The molecular formula is C12H13N3O4S. The molecule has 0 unspecified atom stereocenters. The lowest BCUT2D eigenvalue weighted by Gasteiger charge is -2.30. The highest BCUT2D eigenvalue weighted by atomic mass is 32.2. The standard InChI is InChI=1S/C12H13N3O4S/c1-9-11(14-2-4-20(18,19)5-3-14)6-10(8-13)7-12(9)15(16)17/h6-7H,2-5H2,1H3. The van der Waals surface area contributed by atoms with Gasteiger partial charge in [0.15, 0.2) is 9.84 Å². The van der Waals surface area contributed by atoms with Crippen molar-refractivity contribution in [3.05, 3.63) is 33.4 Å². The van der Waals surface area contributed by atoms with Crippen LogP contribution in [0.4, 0.5) is 11.4 Å². The predicted molar refractivity (Wildman–Crippen MR) is 73.4 cm³/mol. The average Bonchev–Trinajstić information content (AvgIpc) is 2.39. The zero-order chi connectivity index (χ0) is 14.9. The van der Waals surface area contributed by atoms with Gasteiger partial charge >= 0.3 is 0 Å². The molecule has 0 amide bonds. The largest absolute Gasteiger partial charge is 0.369 e. The van der Waals surface area contributed by atoms with Crippen molar-refractivity contribution < 1.29 is 13.3 Å². The summed E-state index contributed by atoms with van der Waals surface area (Å²) >= 11 is 0. The van der Waals surface area contributed by atoms with Crippen LogP contribution in [-0.4, -0.2) is 37.9 Å². The number of nitro groups is 1. The van der Waals surface area contributed by atoms with E-state index in [0.717, 1.165) is 0 Å². The van der Waals surface area contributed by atoms with Gasteiger partial charge in [-0.3, -0.25) is 10.1 Å². The van der Waals surface area contributed by atoms with Gasteiger partial charge in [0.05, 0.1) is 33.6 Å². The first kappa shape index (κ1) is 14.3. The van der Waals surface area contributed by atoms with Crippen molar-refractivity contribution >= 4 is 21.2 Å². The summed E-state index contributed by atoms with van der Waals surface area (Å²) < 4.78 is 22.8. The smallest absolute Gasteiger partial charge is 0.275 e. The molecule has 2 rings (SSSR count). The third kappa shape index (κ3) is 2.72. The van der Waals surface area contributed by atoms with Gasteiger partial charge in [-0.25, -0.2) is 8.42 Å². The lowest BCUT2D eigenvalue weighted by Crippen LogP contribution is -2.40. The Morgan fingerprint density at radius 3 is 2.45 bits per heavy atom. The summed E-state index contributed by atoms with van der Waals surface area (Å²) in [6, 6.07) is 4.70. The van der Waals surface area contributed by atoms with E-state index in [0.29, 0.717) is 11.3 Å². The van der Waals surface area contributed by atoms with Gasteiger partial charge in [0.2, 0.25) is 0 Å².